The molecule has 108 valence electrons. The van der Waals surface area contributed by atoms with Gasteiger partial charge < -0.3 is 5.32 Å². The first-order valence-electron chi connectivity index (χ1n) is 7.12. The predicted molar refractivity (Wildman–Crippen MR) is 77.4 cm³/mol. The van der Waals surface area contributed by atoms with Crippen LogP contribution < -0.4 is 5.32 Å². The second kappa shape index (κ2) is 5.20. The molecule has 1 aliphatic heterocycles. The monoisotopic (exact) mass is 293 g/mol. The maximum atomic E-state index is 12.0. The highest BCUT2D eigenvalue weighted by Crippen LogP contribution is 2.23. The quantitative estimate of drug-likeness (QED) is 0.905. The van der Waals surface area contributed by atoms with Gasteiger partial charge >= 0.3 is 0 Å². The van der Waals surface area contributed by atoms with Crippen molar-refractivity contribution in [1.29, 1.82) is 0 Å². The Kier molecular flexibility index (Phi) is 3.54. The molecule has 0 unspecified atom stereocenters. The normalized spacial score (nSPS) is 23.5. The van der Waals surface area contributed by atoms with Gasteiger partial charge in [-0.1, -0.05) is 18.2 Å². The Morgan fingerprint density at radius 2 is 2.05 bits per heavy atom. The van der Waals surface area contributed by atoms with Gasteiger partial charge in [-0.3, -0.25) is 4.79 Å². The van der Waals surface area contributed by atoms with Crippen molar-refractivity contribution in [2.75, 3.05) is 11.5 Å². The summed E-state index contributed by atoms with van der Waals surface area (Å²) in [6, 6.07) is 6.04. The summed E-state index contributed by atoms with van der Waals surface area (Å²) >= 11 is 0. The highest BCUT2D eigenvalue weighted by atomic mass is 32.2. The molecule has 0 aromatic heterocycles. The van der Waals surface area contributed by atoms with E-state index in [0.717, 1.165) is 18.4 Å². The number of hydrogen-bond acceptors (Lipinski definition) is 3. The van der Waals surface area contributed by atoms with Crippen molar-refractivity contribution in [3.63, 3.8) is 0 Å². The molecule has 1 N–H and O–H groups in total. The first-order valence-corrected chi connectivity index (χ1v) is 8.94. The average Bonchev–Trinajstić information content (AvgIpc) is 2.95. The second-order valence-electron chi connectivity index (χ2n) is 5.80. The van der Waals surface area contributed by atoms with Gasteiger partial charge in [-0.25, -0.2) is 8.42 Å². The van der Waals surface area contributed by atoms with Gasteiger partial charge in [-0.15, -0.1) is 0 Å². The number of amides is 1. The lowest BCUT2D eigenvalue weighted by atomic mass is 10.0. The molecule has 1 atom stereocenters. The van der Waals surface area contributed by atoms with Gasteiger partial charge in [0, 0.05) is 6.04 Å². The number of carbonyl (C=O) groups is 1. The summed E-state index contributed by atoms with van der Waals surface area (Å²) < 4.78 is 22.7. The first-order chi connectivity index (χ1) is 9.52. The molecule has 1 fully saturated rings. The molecule has 1 saturated heterocycles. The number of rotatable bonds is 3. The second-order valence-corrected chi connectivity index (χ2v) is 8.03. The Hall–Kier alpha value is -1.36. The van der Waals surface area contributed by atoms with E-state index in [4.69, 9.17) is 0 Å². The Bertz CT molecular complexity index is 637. The SMILES string of the molecule is O=C(Cc1ccc2c(c1)CCC2)N[C@H]1CCS(=O)(=O)C1. The van der Waals surface area contributed by atoms with Crippen LogP contribution in [0.3, 0.4) is 0 Å². The van der Waals surface area contributed by atoms with Crippen molar-refractivity contribution in [3.05, 3.63) is 34.9 Å². The lowest BCUT2D eigenvalue weighted by Gasteiger charge is -2.11. The van der Waals surface area contributed by atoms with Gasteiger partial charge in [0.2, 0.25) is 5.91 Å². The first kappa shape index (κ1) is 13.6. The molecule has 1 amide bonds. The predicted octanol–water partition coefficient (Wildman–Crippen LogP) is 1.02. The third-order valence-corrected chi connectivity index (χ3v) is 5.89. The summed E-state index contributed by atoms with van der Waals surface area (Å²) in [4.78, 5) is 12.0. The third-order valence-electron chi connectivity index (χ3n) is 4.13. The molecule has 1 aliphatic carbocycles. The summed E-state index contributed by atoms with van der Waals surface area (Å²) in [5.41, 5.74) is 3.78. The maximum Gasteiger partial charge on any atom is 0.224 e. The molecule has 0 radical (unpaired) electrons. The van der Waals surface area contributed by atoms with E-state index < -0.39 is 9.84 Å². The number of fused-ring (bicyclic) bond motifs is 1. The van der Waals surface area contributed by atoms with Crippen molar-refractivity contribution in [1.82, 2.24) is 5.32 Å². The zero-order valence-corrected chi connectivity index (χ0v) is 12.2. The Morgan fingerprint density at radius 1 is 1.25 bits per heavy atom. The highest BCUT2D eigenvalue weighted by molar-refractivity contribution is 7.91. The maximum absolute atomic E-state index is 12.0. The van der Waals surface area contributed by atoms with Crippen LogP contribution in [0.5, 0.6) is 0 Å². The Morgan fingerprint density at radius 3 is 2.80 bits per heavy atom. The minimum absolute atomic E-state index is 0.0787. The van der Waals surface area contributed by atoms with Gasteiger partial charge in [0.15, 0.2) is 9.84 Å². The highest BCUT2D eigenvalue weighted by Gasteiger charge is 2.28. The van der Waals surface area contributed by atoms with E-state index in [0.29, 0.717) is 12.8 Å². The molecule has 0 spiro atoms. The average molecular weight is 293 g/mol. The van der Waals surface area contributed by atoms with Gasteiger partial charge in [0.05, 0.1) is 17.9 Å². The van der Waals surface area contributed by atoms with E-state index >= 15 is 0 Å². The summed E-state index contributed by atoms with van der Waals surface area (Å²) in [6.45, 7) is 0. The number of benzene rings is 1. The molecule has 5 heteroatoms. The Labute approximate surface area is 119 Å². The molecule has 1 aromatic carbocycles. The van der Waals surface area contributed by atoms with Crippen molar-refractivity contribution >= 4 is 15.7 Å². The van der Waals surface area contributed by atoms with Gasteiger partial charge in [-0.05, 0) is 42.4 Å². The standard InChI is InChI=1S/C15H19NO3S/c17-15(16-14-6-7-20(18,19)10-14)9-11-4-5-12-2-1-3-13(12)8-11/h4-5,8,14H,1-3,6-7,9-10H2,(H,16,17)/t14-/m0/s1. The van der Waals surface area contributed by atoms with Gasteiger partial charge in [0.25, 0.3) is 0 Å². The smallest absolute Gasteiger partial charge is 0.224 e. The molecule has 20 heavy (non-hydrogen) atoms. The molecule has 0 bridgehead atoms. The molecule has 1 aromatic rings. The van der Waals surface area contributed by atoms with Crippen LogP contribution in [0.15, 0.2) is 18.2 Å². The summed E-state index contributed by atoms with van der Waals surface area (Å²) in [6.07, 6.45) is 4.32. The fourth-order valence-electron chi connectivity index (χ4n) is 3.11. The van der Waals surface area contributed by atoms with Crippen LogP contribution in [0.25, 0.3) is 0 Å². The van der Waals surface area contributed by atoms with Crippen molar-refractivity contribution in [2.45, 2.75) is 38.1 Å². The van der Waals surface area contributed by atoms with Crippen LogP contribution >= 0.6 is 0 Å². The topological polar surface area (TPSA) is 63.2 Å². The molecule has 4 nitrogen and oxygen atoms in total. The number of hydrogen-bond donors (Lipinski definition) is 1. The summed E-state index contributed by atoms with van der Waals surface area (Å²) in [5, 5.41) is 2.83. The van der Waals surface area contributed by atoms with Crippen LogP contribution in [0.1, 0.15) is 29.5 Å². The lowest BCUT2D eigenvalue weighted by Crippen LogP contribution is -2.36. The fraction of sp³-hybridized carbons (Fsp3) is 0.533. The third kappa shape index (κ3) is 3.03. The van der Waals surface area contributed by atoms with Crippen molar-refractivity contribution < 1.29 is 13.2 Å². The molecule has 3 rings (SSSR count). The van der Waals surface area contributed by atoms with Crippen LogP contribution in [-0.4, -0.2) is 31.9 Å². The van der Waals surface area contributed by atoms with Crippen LogP contribution in [-0.2, 0) is 33.9 Å². The van der Waals surface area contributed by atoms with E-state index in [-0.39, 0.29) is 23.5 Å². The molecule has 2 aliphatic rings. The molecular weight excluding hydrogens is 274 g/mol. The van der Waals surface area contributed by atoms with Gasteiger partial charge in [-0.2, -0.15) is 0 Å². The number of carbonyl (C=O) groups excluding carboxylic acids is 1. The summed E-state index contributed by atoms with van der Waals surface area (Å²) in [5.74, 6) is 0.199. The van der Waals surface area contributed by atoms with E-state index in [2.05, 4.69) is 17.4 Å². The Balaban J connectivity index is 1.59. The van der Waals surface area contributed by atoms with E-state index in [9.17, 15) is 13.2 Å². The van der Waals surface area contributed by atoms with Crippen LogP contribution in [0, 0.1) is 0 Å². The van der Waals surface area contributed by atoms with E-state index in [1.165, 1.54) is 17.5 Å². The summed E-state index contributed by atoms with van der Waals surface area (Å²) in [7, 11) is -2.94. The number of nitrogens with one attached hydrogen (secondary N) is 1. The molecular formula is C15H19NO3S. The number of sulfone groups is 1. The van der Waals surface area contributed by atoms with Gasteiger partial charge in [0.1, 0.15) is 0 Å². The zero-order valence-electron chi connectivity index (χ0n) is 11.4. The fourth-order valence-corrected chi connectivity index (χ4v) is 4.78. The van der Waals surface area contributed by atoms with Crippen LogP contribution in [0.4, 0.5) is 0 Å². The minimum Gasteiger partial charge on any atom is -0.352 e. The largest absolute Gasteiger partial charge is 0.352 e. The van der Waals surface area contributed by atoms with Crippen LogP contribution in [0.2, 0.25) is 0 Å². The molecule has 0 saturated carbocycles. The number of aryl methyl sites for hydroxylation is 2. The van der Waals surface area contributed by atoms with Crippen molar-refractivity contribution in [2.24, 2.45) is 0 Å². The van der Waals surface area contributed by atoms with E-state index in [1.54, 1.807) is 0 Å². The molecule has 1 heterocycles. The minimum atomic E-state index is -2.94. The van der Waals surface area contributed by atoms with Crippen molar-refractivity contribution in [3.8, 4) is 0 Å². The lowest BCUT2D eigenvalue weighted by molar-refractivity contribution is -0.120. The zero-order chi connectivity index (χ0) is 14.2. The van der Waals surface area contributed by atoms with E-state index in [1.807, 2.05) is 6.07 Å².